The number of hydrogen-bond acceptors (Lipinski definition) is 2. The average Bonchev–Trinajstić information content (AvgIpc) is 3.00. The minimum Gasteiger partial charge on any atom is -0.496 e. The minimum atomic E-state index is 0.407. The summed E-state index contributed by atoms with van der Waals surface area (Å²) in [5, 5.41) is 3.17. The maximum atomic E-state index is 6.01. The fraction of sp³-hybridized carbons (Fsp3) is 0.278. The number of nitrogens with one attached hydrogen (secondary N) is 1. The second kappa shape index (κ2) is 7.04. The van der Waals surface area contributed by atoms with Gasteiger partial charge in [0.1, 0.15) is 5.75 Å². The fourth-order valence-corrected chi connectivity index (χ4v) is 3.29. The van der Waals surface area contributed by atoms with Crippen LogP contribution in [0.3, 0.4) is 0 Å². The topological polar surface area (TPSA) is 59.6 Å². The highest BCUT2D eigenvalue weighted by molar-refractivity contribution is 9.10. The predicted octanol–water partition coefficient (Wildman–Crippen LogP) is 3.87. The van der Waals surface area contributed by atoms with Crippen molar-refractivity contribution in [2.75, 3.05) is 12.4 Å². The van der Waals surface area contributed by atoms with E-state index in [1.165, 1.54) is 24.0 Å². The summed E-state index contributed by atoms with van der Waals surface area (Å²) in [6.45, 7) is 0.465. The first-order chi connectivity index (χ1) is 11.2. The first kappa shape index (κ1) is 15.9. The molecule has 0 atom stereocenters. The van der Waals surface area contributed by atoms with Gasteiger partial charge in [0.2, 0.25) is 0 Å². The van der Waals surface area contributed by atoms with Gasteiger partial charge in [0.15, 0.2) is 5.96 Å². The Morgan fingerprint density at radius 3 is 2.87 bits per heavy atom. The molecule has 2 aromatic rings. The van der Waals surface area contributed by atoms with Crippen LogP contribution in [-0.4, -0.2) is 13.1 Å². The standard InChI is InChI=1S/C18H20BrN3O/c1-23-17-8-6-15(19)9-14(17)11-21-18(20)22-16-7-5-12-3-2-4-13(12)10-16/h5-10H,2-4,11H2,1H3,(H3,20,21,22). The van der Waals surface area contributed by atoms with E-state index < -0.39 is 0 Å². The van der Waals surface area contributed by atoms with Gasteiger partial charge in [-0.1, -0.05) is 22.0 Å². The quantitative estimate of drug-likeness (QED) is 0.631. The van der Waals surface area contributed by atoms with Gasteiger partial charge >= 0.3 is 0 Å². The van der Waals surface area contributed by atoms with Crippen LogP contribution in [0.1, 0.15) is 23.1 Å². The summed E-state index contributed by atoms with van der Waals surface area (Å²) >= 11 is 3.46. The summed E-state index contributed by atoms with van der Waals surface area (Å²) in [5.41, 5.74) is 10.9. The van der Waals surface area contributed by atoms with Crippen LogP contribution in [0.5, 0.6) is 5.75 Å². The van der Waals surface area contributed by atoms with Crippen molar-refractivity contribution in [3.05, 3.63) is 57.6 Å². The molecule has 3 N–H and O–H groups in total. The number of anilines is 1. The Morgan fingerprint density at radius 1 is 1.22 bits per heavy atom. The lowest BCUT2D eigenvalue weighted by atomic mass is 10.1. The van der Waals surface area contributed by atoms with E-state index in [1.807, 2.05) is 18.2 Å². The van der Waals surface area contributed by atoms with E-state index in [4.69, 9.17) is 10.5 Å². The molecule has 0 heterocycles. The Balaban J connectivity index is 1.70. The molecule has 0 aromatic heterocycles. The van der Waals surface area contributed by atoms with Gasteiger partial charge in [-0.05, 0) is 60.7 Å². The number of nitrogens with zero attached hydrogens (tertiary/aromatic N) is 1. The highest BCUT2D eigenvalue weighted by Crippen LogP contribution is 2.25. The van der Waals surface area contributed by atoms with E-state index in [-0.39, 0.29) is 0 Å². The van der Waals surface area contributed by atoms with Gasteiger partial charge in [0.05, 0.1) is 13.7 Å². The molecule has 0 fully saturated rings. The average molecular weight is 374 g/mol. The molecule has 0 spiro atoms. The first-order valence-electron chi connectivity index (χ1n) is 7.67. The zero-order chi connectivity index (χ0) is 16.2. The lowest BCUT2D eigenvalue weighted by molar-refractivity contribution is 0.410. The number of aliphatic imine (C=N–C) groups is 1. The van der Waals surface area contributed by atoms with Crippen LogP contribution < -0.4 is 15.8 Å². The predicted molar refractivity (Wildman–Crippen MR) is 98.1 cm³/mol. The summed E-state index contributed by atoms with van der Waals surface area (Å²) in [6, 6.07) is 12.3. The molecule has 0 amide bonds. The van der Waals surface area contributed by atoms with Crippen molar-refractivity contribution < 1.29 is 4.74 Å². The third kappa shape index (κ3) is 3.85. The summed E-state index contributed by atoms with van der Waals surface area (Å²) < 4.78 is 6.34. The Hall–Kier alpha value is -2.01. The van der Waals surface area contributed by atoms with Crippen LogP contribution in [0, 0.1) is 0 Å². The van der Waals surface area contributed by atoms with Gasteiger partial charge in [-0.25, -0.2) is 4.99 Å². The molecule has 5 heteroatoms. The SMILES string of the molecule is COc1ccc(Br)cc1CN=C(N)Nc1ccc2c(c1)CCC2. The van der Waals surface area contributed by atoms with Crippen molar-refractivity contribution in [2.45, 2.75) is 25.8 Å². The molecular formula is C18H20BrN3O. The molecule has 1 aliphatic carbocycles. The molecule has 120 valence electrons. The van der Waals surface area contributed by atoms with Crippen molar-refractivity contribution in [3.8, 4) is 5.75 Å². The lowest BCUT2D eigenvalue weighted by Crippen LogP contribution is -2.22. The Labute approximate surface area is 144 Å². The summed E-state index contributed by atoms with van der Waals surface area (Å²) in [7, 11) is 1.66. The van der Waals surface area contributed by atoms with Gasteiger partial charge in [0.25, 0.3) is 0 Å². The minimum absolute atomic E-state index is 0.407. The molecule has 0 saturated carbocycles. The number of nitrogens with two attached hydrogens (primary N) is 1. The van der Waals surface area contributed by atoms with Crippen molar-refractivity contribution in [1.82, 2.24) is 0 Å². The Bertz CT molecular complexity index is 743. The number of ether oxygens (including phenoxy) is 1. The Morgan fingerprint density at radius 2 is 2.04 bits per heavy atom. The van der Waals surface area contributed by atoms with Crippen molar-refractivity contribution in [3.63, 3.8) is 0 Å². The largest absolute Gasteiger partial charge is 0.496 e. The number of guanidine groups is 1. The molecule has 0 aliphatic heterocycles. The third-order valence-electron chi connectivity index (χ3n) is 4.03. The van der Waals surface area contributed by atoms with Gasteiger partial charge < -0.3 is 15.8 Å². The number of rotatable bonds is 4. The maximum absolute atomic E-state index is 6.01. The third-order valence-corrected chi connectivity index (χ3v) is 4.53. The number of halogens is 1. The number of methoxy groups -OCH3 is 1. The van der Waals surface area contributed by atoms with Crippen molar-refractivity contribution in [2.24, 2.45) is 10.7 Å². The molecule has 1 aliphatic rings. The van der Waals surface area contributed by atoms with Crippen LogP contribution in [0.4, 0.5) is 5.69 Å². The van der Waals surface area contributed by atoms with Crippen LogP contribution in [0.25, 0.3) is 0 Å². The summed E-state index contributed by atoms with van der Waals surface area (Å²) in [6.07, 6.45) is 3.57. The van der Waals surface area contributed by atoms with E-state index in [0.29, 0.717) is 12.5 Å². The summed E-state index contributed by atoms with van der Waals surface area (Å²) in [4.78, 5) is 4.42. The second-order valence-electron chi connectivity index (χ2n) is 5.62. The van der Waals surface area contributed by atoms with Crippen LogP contribution in [-0.2, 0) is 19.4 Å². The van der Waals surface area contributed by atoms with E-state index >= 15 is 0 Å². The molecule has 2 aromatic carbocycles. The number of benzene rings is 2. The number of fused-ring (bicyclic) bond motifs is 1. The van der Waals surface area contributed by atoms with Crippen molar-refractivity contribution in [1.29, 1.82) is 0 Å². The molecule has 0 radical (unpaired) electrons. The molecule has 23 heavy (non-hydrogen) atoms. The molecule has 0 unspecified atom stereocenters. The normalized spacial score (nSPS) is 13.7. The first-order valence-corrected chi connectivity index (χ1v) is 8.46. The van der Waals surface area contributed by atoms with E-state index in [2.05, 4.69) is 44.4 Å². The molecular weight excluding hydrogens is 354 g/mol. The van der Waals surface area contributed by atoms with E-state index in [1.54, 1.807) is 7.11 Å². The van der Waals surface area contributed by atoms with E-state index in [9.17, 15) is 0 Å². The van der Waals surface area contributed by atoms with Crippen LogP contribution >= 0.6 is 15.9 Å². The lowest BCUT2D eigenvalue weighted by Gasteiger charge is -2.09. The van der Waals surface area contributed by atoms with Crippen LogP contribution in [0.15, 0.2) is 45.9 Å². The highest BCUT2D eigenvalue weighted by Gasteiger charge is 2.11. The summed E-state index contributed by atoms with van der Waals surface area (Å²) in [5.74, 6) is 1.22. The zero-order valence-corrected chi connectivity index (χ0v) is 14.7. The second-order valence-corrected chi connectivity index (χ2v) is 6.54. The van der Waals surface area contributed by atoms with Crippen molar-refractivity contribution >= 4 is 27.6 Å². The smallest absolute Gasteiger partial charge is 0.193 e. The number of aryl methyl sites for hydroxylation is 2. The van der Waals surface area contributed by atoms with Gasteiger partial charge in [-0.15, -0.1) is 0 Å². The zero-order valence-electron chi connectivity index (χ0n) is 13.1. The number of hydrogen-bond donors (Lipinski definition) is 2. The molecule has 0 saturated heterocycles. The molecule has 3 rings (SSSR count). The van der Waals surface area contributed by atoms with E-state index in [0.717, 1.165) is 27.9 Å². The molecule has 0 bridgehead atoms. The maximum Gasteiger partial charge on any atom is 0.193 e. The molecule has 4 nitrogen and oxygen atoms in total. The monoisotopic (exact) mass is 373 g/mol. The van der Waals surface area contributed by atoms with Gasteiger partial charge in [-0.2, -0.15) is 0 Å². The van der Waals surface area contributed by atoms with Crippen LogP contribution in [0.2, 0.25) is 0 Å². The van der Waals surface area contributed by atoms with Gasteiger partial charge in [0, 0.05) is 15.7 Å². The van der Waals surface area contributed by atoms with Gasteiger partial charge in [-0.3, -0.25) is 0 Å². The Kier molecular flexibility index (Phi) is 4.86. The fourth-order valence-electron chi connectivity index (χ4n) is 2.88. The highest BCUT2D eigenvalue weighted by atomic mass is 79.9.